The molecule has 0 atom stereocenters. The summed E-state index contributed by atoms with van der Waals surface area (Å²) in [5.74, 6) is 0. The molecule has 79 heavy (non-hydrogen) atoms. The van der Waals surface area contributed by atoms with Crippen LogP contribution in [0.4, 0.5) is 0 Å². The van der Waals surface area contributed by atoms with Crippen LogP contribution in [-0.2, 0) is 0 Å². The van der Waals surface area contributed by atoms with Crippen LogP contribution in [0.2, 0.25) is 0 Å². The van der Waals surface area contributed by atoms with Gasteiger partial charge in [-0.1, -0.05) is 170 Å². The summed E-state index contributed by atoms with van der Waals surface area (Å²) in [6.45, 7) is 0. The number of hydrogen-bond acceptors (Lipinski definition) is 3. The molecular weight excluding hydrogens is 961 g/mol. The van der Waals surface area contributed by atoms with Gasteiger partial charge < -0.3 is 13.7 Å². The van der Waals surface area contributed by atoms with E-state index in [0.29, 0.717) is 11.1 Å². The molecule has 0 aliphatic heterocycles. The van der Waals surface area contributed by atoms with Gasteiger partial charge in [0, 0.05) is 65.7 Å². The van der Waals surface area contributed by atoms with E-state index < -0.39 is 0 Å². The Bertz CT molecular complexity index is 4630. The van der Waals surface area contributed by atoms with Crippen molar-refractivity contribution in [1.82, 2.24) is 18.7 Å². The van der Waals surface area contributed by atoms with E-state index in [1.54, 1.807) is 0 Å². The maximum Gasteiger partial charge on any atom is 0.0991 e. The molecule has 6 heteroatoms. The number of rotatable bonds is 8. The molecule has 366 valence electrons. The maximum absolute atomic E-state index is 10.4. The zero-order valence-electron chi connectivity index (χ0n) is 42.6. The SMILES string of the molecule is N#Cc1ccc2c(c1)c1cc(C#N)ccc1n2-c1c(-c2ccccc2-n2c3ccccc3c3ccccc32)cc(-c2cc(-c3ccccc3)cc(-c3ccccc3)n2)cc1-c1ccccc1-n1c2ccccc2c2ccccc21. The third-order valence-electron chi connectivity index (χ3n) is 15.7. The Morgan fingerprint density at radius 1 is 0.266 bits per heavy atom. The highest BCUT2D eigenvalue weighted by molar-refractivity contribution is 6.14. The Kier molecular flexibility index (Phi) is 10.5. The van der Waals surface area contributed by atoms with Crippen molar-refractivity contribution in [2.45, 2.75) is 0 Å². The fraction of sp³-hybridized carbons (Fsp3) is 0. The summed E-state index contributed by atoms with van der Waals surface area (Å²) in [4.78, 5) is 5.63. The predicted octanol–water partition coefficient (Wildman–Crippen LogP) is 18.5. The van der Waals surface area contributed by atoms with Crippen molar-refractivity contribution in [1.29, 1.82) is 10.5 Å². The number of nitrogens with zero attached hydrogens (tertiary/aromatic N) is 6. The maximum atomic E-state index is 10.4. The van der Waals surface area contributed by atoms with Crippen molar-refractivity contribution in [3.05, 3.63) is 278 Å². The van der Waals surface area contributed by atoms with Crippen molar-refractivity contribution in [2.75, 3.05) is 0 Å². The van der Waals surface area contributed by atoms with E-state index in [2.05, 4.69) is 262 Å². The Morgan fingerprint density at radius 3 is 1.08 bits per heavy atom. The van der Waals surface area contributed by atoms with Crippen molar-refractivity contribution in [3.8, 4) is 85.1 Å². The number of pyridine rings is 1. The summed E-state index contributed by atoms with van der Waals surface area (Å²) in [6.07, 6.45) is 0. The highest BCUT2D eigenvalue weighted by Crippen LogP contribution is 2.49. The lowest BCUT2D eigenvalue weighted by atomic mass is 9.89. The van der Waals surface area contributed by atoms with E-state index in [-0.39, 0.29) is 0 Å². The van der Waals surface area contributed by atoms with Gasteiger partial charge in [0.05, 0.1) is 84.8 Å². The third-order valence-corrected chi connectivity index (χ3v) is 15.7. The van der Waals surface area contributed by atoms with Gasteiger partial charge in [0.15, 0.2) is 0 Å². The Balaban J connectivity index is 1.15. The van der Waals surface area contributed by atoms with Crippen LogP contribution in [-0.4, -0.2) is 18.7 Å². The van der Waals surface area contributed by atoms with Gasteiger partial charge >= 0.3 is 0 Å². The first kappa shape index (κ1) is 45.4. The summed E-state index contributed by atoms with van der Waals surface area (Å²) in [5, 5.41) is 27.3. The Morgan fingerprint density at radius 2 is 0.633 bits per heavy atom. The summed E-state index contributed by atoms with van der Waals surface area (Å²) < 4.78 is 7.19. The number of hydrogen-bond donors (Lipinski definition) is 0. The largest absolute Gasteiger partial charge is 0.309 e. The van der Waals surface area contributed by atoms with E-state index in [1.165, 1.54) is 21.5 Å². The predicted molar refractivity (Wildman–Crippen MR) is 324 cm³/mol. The quantitative estimate of drug-likeness (QED) is 0.152. The van der Waals surface area contributed by atoms with E-state index in [9.17, 15) is 10.5 Å². The van der Waals surface area contributed by atoms with Crippen LogP contribution in [0.15, 0.2) is 267 Å². The number of aromatic nitrogens is 4. The van der Waals surface area contributed by atoms with Gasteiger partial charge in [-0.25, -0.2) is 4.98 Å². The standard InChI is InChI=1S/C73H44N6/c74-45-47-35-37-71-59(39-47)60-40-48(46-75)36-38-72(60)79(71)73-61(57-27-11-17-33-69(57)77-65-29-13-7-23-53(65)54-24-8-14-30-66(54)77)41-52(64-44-51(49-19-3-1-4-20-49)43-63(76-64)50-21-5-2-6-22-50)42-62(73)58-28-12-18-34-70(58)78-67-31-15-9-25-55(67)56-26-10-16-32-68(56)78/h1-44H. The second-order valence-corrected chi connectivity index (χ2v) is 20.1. The van der Waals surface area contributed by atoms with Gasteiger partial charge in [0.2, 0.25) is 0 Å². The van der Waals surface area contributed by atoms with Gasteiger partial charge in [0.1, 0.15) is 0 Å². The minimum atomic E-state index is 0.539. The van der Waals surface area contributed by atoms with Crippen molar-refractivity contribution in [3.63, 3.8) is 0 Å². The average Bonchev–Trinajstić information content (AvgIpc) is 4.36. The average molecular weight is 1010 g/mol. The first-order valence-electron chi connectivity index (χ1n) is 26.5. The van der Waals surface area contributed by atoms with E-state index in [1.807, 2.05) is 30.3 Å². The van der Waals surface area contributed by atoms with Crippen LogP contribution < -0.4 is 0 Å². The first-order valence-corrected chi connectivity index (χ1v) is 26.5. The molecule has 15 aromatic rings. The lowest BCUT2D eigenvalue weighted by Gasteiger charge is -2.24. The fourth-order valence-electron chi connectivity index (χ4n) is 12.2. The molecule has 0 aliphatic carbocycles. The van der Waals surface area contributed by atoms with Crippen LogP contribution in [0.25, 0.3) is 138 Å². The number of para-hydroxylation sites is 6. The van der Waals surface area contributed by atoms with E-state index in [4.69, 9.17) is 4.98 Å². The molecule has 15 rings (SSSR count). The lowest BCUT2D eigenvalue weighted by molar-refractivity contribution is 1.15. The fourth-order valence-corrected chi connectivity index (χ4v) is 12.2. The molecular formula is C73H44N6. The first-order chi connectivity index (χ1) is 39.1. The molecule has 0 radical (unpaired) electrons. The van der Waals surface area contributed by atoms with E-state index in [0.717, 1.165) is 117 Å². The molecule has 0 saturated carbocycles. The molecule has 0 N–H and O–H groups in total. The molecule has 4 heterocycles. The van der Waals surface area contributed by atoms with Gasteiger partial charge in [-0.3, -0.25) is 0 Å². The Hall–Kier alpha value is -11.1. The molecule has 0 aliphatic rings. The molecule has 0 fully saturated rings. The molecule has 0 amide bonds. The van der Waals surface area contributed by atoms with Crippen LogP contribution in [0.1, 0.15) is 11.1 Å². The third kappa shape index (κ3) is 7.28. The topological polar surface area (TPSA) is 75.3 Å². The minimum absolute atomic E-state index is 0.539. The second-order valence-electron chi connectivity index (χ2n) is 20.1. The zero-order chi connectivity index (χ0) is 52.6. The van der Waals surface area contributed by atoms with Gasteiger partial charge in [-0.05, 0) is 108 Å². The summed E-state index contributed by atoms with van der Waals surface area (Å²) in [7, 11) is 0. The van der Waals surface area contributed by atoms with Gasteiger partial charge in [-0.2, -0.15) is 10.5 Å². The zero-order valence-corrected chi connectivity index (χ0v) is 42.6. The van der Waals surface area contributed by atoms with Crippen LogP contribution in [0.3, 0.4) is 0 Å². The van der Waals surface area contributed by atoms with Crippen LogP contribution >= 0.6 is 0 Å². The number of fused-ring (bicyclic) bond motifs is 9. The molecule has 4 aromatic heterocycles. The molecule has 6 nitrogen and oxygen atoms in total. The summed E-state index contributed by atoms with van der Waals surface area (Å²) in [6, 6.07) is 99.0. The molecule has 0 saturated heterocycles. The Labute approximate surface area is 455 Å². The molecule has 0 spiro atoms. The number of nitriles is 2. The summed E-state index contributed by atoms with van der Waals surface area (Å²) in [5.41, 5.74) is 19.9. The van der Waals surface area contributed by atoms with Crippen LogP contribution in [0, 0.1) is 22.7 Å². The minimum Gasteiger partial charge on any atom is -0.309 e. The molecule has 11 aromatic carbocycles. The smallest absolute Gasteiger partial charge is 0.0991 e. The number of benzene rings is 11. The lowest BCUT2D eigenvalue weighted by Crippen LogP contribution is -2.06. The highest BCUT2D eigenvalue weighted by atomic mass is 15.0. The summed E-state index contributed by atoms with van der Waals surface area (Å²) >= 11 is 0. The van der Waals surface area contributed by atoms with Crippen molar-refractivity contribution in [2.24, 2.45) is 0 Å². The highest BCUT2D eigenvalue weighted by Gasteiger charge is 2.27. The van der Waals surface area contributed by atoms with Gasteiger partial charge in [-0.15, -0.1) is 0 Å². The normalized spacial score (nSPS) is 11.5. The van der Waals surface area contributed by atoms with Crippen molar-refractivity contribution < 1.29 is 0 Å². The molecule has 0 unspecified atom stereocenters. The second kappa shape index (κ2) is 18.4. The van der Waals surface area contributed by atoms with Crippen LogP contribution in [0.5, 0.6) is 0 Å². The van der Waals surface area contributed by atoms with E-state index >= 15 is 0 Å². The monoisotopic (exact) mass is 1000 g/mol. The van der Waals surface area contributed by atoms with Gasteiger partial charge in [0.25, 0.3) is 0 Å². The van der Waals surface area contributed by atoms with Crippen molar-refractivity contribution >= 4 is 65.4 Å². The molecule has 0 bridgehead atoms.